The van der Waals surface area contributed by atoms with Crippen molar-refractivity contribution in [2.45, 2.75) is 25.6 Å². The summed E-state index contributed by atoms with van der Waals surface area (Å²) in [6, 6.07) is 5.20. The number of nitrogens with one attached hydrogen (secondary N) is 1. The van der Waals surface area contributed by atoms with Crippen molar-refractivity contribution >= 4 is 11.8 Å². The summed E-state index contributed by atoms with van der Waals surface area (Å²) in [5.41, 5.74) is 3.61. The SMILES string of the molecule is CC(C)(Oc1ccc(F)cc1)C(=O)NCC(O)C(N)=O. The maximum absolute atomic E-state index is 12.8. The Hall–Kier alpha value is -2.15. The summed E-state index contributed by atoms with van der Waals surface area (Å²) in [6.07, 6.45) is -1.46. The second-order valence-corrected chi connectivity index (χ2v) is 4.69. The number of carbonyl (C=O) groups is 2. The molecule has 0 heterocycles. The number of halogens is 1. The molecule has 0 aliphatic carbocycles. The molecule has 0 saturated heterocycles. The fraction of sp³-hybridized carbons (Fsp3) is 0.385. The number of primary amides is 1. The van der Waals surface area contributed by atoms with Crippen LogP contribution in [0.25, 0.3) is 0 Å². The number of rotatable bonds is 6. The van der Waals surface area contributed by atoms with Gasteiger partial charge in [0.15, 0.2) is 5.60 Å². The summed E-state index contributed by atoms with van der Waals surface area (Å²) in [7, 11) is 0. The molecule has 1 rings (SSSR count). The zero-order valence-electron chi connectivity index (χ0n) is 11.2. The summed E-state index contributed by atoms with van der Waals surface area (Å²) >= 11 is 0. The van der Waals surface area contributed by atoms with E-state index in [0.717, 1.165) is 0 Å². The van der Waals surface area contributed by atoms with E-state index in [0.29, 0.717) is 5.75 Å². The molecule has 1 unspecified atom stereocenters. The van der Waals surface area contributed by atoms with Crippen LogP contribution in [0.5, 0.6) is 5.75 Å². The molecule has 0 radical (unpaired) electrons. The highest BCUT2D eigenvalue weighted by molar-refractivity contribution is 5.86. The molecule has 0 saturated carbocycles. The Labute approximate surface area is 115 Å². The number of aliphatic hydroxyl groups is 1. The number of ether oxygens (including phenoxy) is 1. The highest BCUT2D eigenvalue weighted by Crippen LogP contribution is 2.18. The Kier molecular flexibility index (Phi) is 5.04. The third-order valence-corrected chi connectivity index (χ3v) is 2.52. The number of hydrogen-bond acceptors (Lipinski definition) is 4. The van der Waals surface area contributed by atoms with Crippen LogP contribution in [-0.2, 0) is 9.59 Å². The van der Waals surface area contributed by atoms with Gasteiger partial charge in [-0.3, -0.25) is 9.59 Å². The topological polar surface area (TPSA) is 102 Å². The molecule has 1 atom stereocenters. The molecule has 1 aromatic carbocycles. The van der Waals surface area contributed by atoms with Crippen LogP contribution in [0.4, 0.5) is 4.39 Å². The van der Waals surface area contributed by atoms with Crippen LogP contribution in [-0.4, -0.2) is 35.2 Å². The molecule has 4 N–H and O–H groups in total. The number of carbonyl (C=O) groups excluding carboxylic acids is 2. The largest absolute Gasteiger partial charge is 0.478 e. The van der Waals surface area contributed by atoms with Gasteiger partial charge in [0, 0.05) is 0 Å². The van der Waals surface area contributed by atoms with Crippen molar-refractivity contribution in [1.29, 1.82) is 0 Å². The Morgan fingerprint density at radius 3 is 2.45 bits per heavy atom. The summed E-state index contributed by atoms with van der Waals surface area (Å²) in [5.74, 6) is -1.56. The molecule has 0 bridgehead atoms. The third-order valence-electron chi connectivity index (χ3n) is 2.52. The van der Waals surface area contributed by atoms with Crippen LogP contribution in [0.1, 0.15) is 13.8 Å². The van der Waals surface area contributed by atoms with Crippen LogP contribution < -0.4 is 15.8 Å². The van der Waals surface area contributed by atoms with Gasteiger partial charge in [0.25, 0.3) is 5.91 Å². The van der Waals surface area contributed by atoms with Crippen LogP contribution in [0, 0.1) is 5.82 Å². The lowest BCUT2D eigenvalue weighted by Crippen LogP contribution is -2.50. The van der Waals surface area contributed by atoms with Crippen molar-refractivity contribution in [3.8, 4) is 5.75 Å². The van der Waals surface area contributed by atoms with Gasteiger partial charge < -0.3 is 20.9 Å². The van der Waals surface area contributed by atoms with Crippen LogP contribution in [0.15, 0.2) is 24.3 Å². The first-order valence-electron chi connectivity index (χ1n) is 5.92. The number of benzene rings is 1. The van der Waals surface area contributed by atoms with E-state index >= 15 is 0 Å². The van der Waals surface area contributed by atoms with Gasteiger partial charge in [-0.15, -0.1) is 0 Å². The van der Waals surface area contributed by atoms with Crippen LogP contribution in [0.2, 0.25) is 0 Å². The molecule has 1 aromatic rings. The fourth-order valence-corrected chi connectivity index (χ4v) is 1.35. The highest BCUT2D eigenvalue weighted by atomic mass is 19.1. The third kappa shape index (κ3) is 4.51. The summed E-state index contributed by atoms with van der Waals surface area (Å²) < 4.78 is 18.2. The highest BCUT2D eigenvalue weighted by Gasteiger charge is 2.30. The molecule has 20 heavy (non-hydrogen) atoms. The fourth-order valence-electron chi connectivity index (χ4n) is 1.35. The summed E-state index contributed by atoms with van der Waals surface area (Å²) in [4.78, 5) is 22.5. The quantitative estimate of drug-likeness (QED) is 0.681. The standard InChI is InChI=1S/C13H17FN2O4/c1-13(2,12(19)16-7-10(17)11(15)18)20-9-5-3-8(14)4-6-9/h3-6,10,17H,7H2,1-2H3,(H2,15,18)(H,16,19). The molecule has 7 heteroatoms. The molecule has 2 amide bonds. The molecule has 6 nitrogen and oxygen atoms in total. The second-order valence-electron chi connectivity index (χ2n) is 4.69. The lowest BCUT2D eigenvalue weighted by atomic mass is 10.1. The van der Waals surface area contributed by atoms with Gasteiger partial charge in [-0.05, 0) is 38.1 Å². The molecule has 0 aliphatic rings. The molecule has 110 valence electrons. The monoisotopic (exact) mass is 284 g/mol. The van der Waals surface area contributed by atoms with E-state index in [-0.39, 0.29) is 6.54 Å². The Morgan fingerprint density at radius 1 is 1.40 bits per heavy atom. The predicted molar refractivity (Wildman–Crippen MR) is 69.3 cm³/mol. The van der Waals surface area contributed by atoms with Gasteiger partial charge in [-0.25, -0.2) is 4.39 Å². The van der Waals surface area contributed by atoms with Crippen molar-refractivity contribution in [2.24, 2.45) is 5.73 Å². The van der Waals surface area contributed by atoms with Crippen LogP contribution in [0.3, 0.4) is 0 Å². The van der Waals surface area contributed by atoms with Crippen molar-refractivity contribution in [1.82, 2.24) is 5.32 Å². The van der Waals surface area contributed by atoms with E-state index < -0.39 is 29.3 Å². The summed E-state index contributed by atoms with van der Waals surface area (Å²) in [5, 5.41) is 11.5. The maximum Gasteiger partial charge on any atom is 0.263 e. The first-order chi connectivity index (χ1) is 9.22. The van der Waals surface area contributed by atoms with E-state index in [1.165, 1.54) is 38.1 Å². The molecule has 0 aliphatic heterocycles. The molecular formula is C13H17FN2O4. The van der Waals surface area contributed by atoms with Gasteiger partial charge in [-0.2, -0.15) is 0 Å². The van der Waals surface area contributed by atoms with E-state index in [2.05, 4.69) is 5.32 Å². The van der Waals surface area contributed by atoms with Crippen molar-refractivity contribution in [2.75, 3.05) is 6.54 Å². The van der Waals surface area contributed by atoms with Crippen LogP contribution >= 0.6 is 0 Å². The minimum Gasteiger partial charge on any atom is -0.478 e. The van der Waals surface area contributed by atoms with E-state index in [1.807, 2.05) is 0 Å². The molecule has 0 fully saturated rings. The van der Waals surface area contributed by atoms with Gasteiger partial charge in [0.1, 0.15) is 17.7 Å². The Balaban J connectivity index is 2.61. The van der Waals surface area contributed by atoms with Gasteiger partial charge in [0.2, 0.25) is 5.91 Å². The lowest BCUT2D eigenvalue weighted by Gasteiger charge is -2.25. The van der Waals surface area contributed by atoms with Crippen molar-refractivity contribution < 1.29 is 23.8 Å². The number of amides is 2. The zero-order chi connectivity index (χ0) is 15.3. The smallest absolute Gasteiger partial charge is 0.263 e. The van der Waals surface area contributed by atoms with Gasteiger partial charge in [0.05, 0.1) is 6.54 Å². The molecular weight excluding hydrogens is 267 g/mol. The molecule has 0 spiro atoms. The Morgan fingerprint density at radius 2 is 1.95 bits per heavy atom. The lowest BCUT2D eigenvalue weighted by molar-refractivity contribution is -0.135. The average molecular weight is 284 g/mol. The number of hydrogen-bond donors (Lipinski definition) is 3. The molecule has 0 aromatic heterocycles. The summed E-state index contributed by atoms with van der Waals surface area (Å²) in [6.45, 7) is 2.70. The van der Waals surface area contributed by atoms with E-state index in [4.69, 9.17) is 10.5 Å². The van der Waals surface area contributed by atoms with E-state index in [1.54, 1.807) is 0 Å². The maximum atomic E-state index is 12.8. The minimum absolute atomic E-state index is 0.301. The minimum atomic E-state index is -1.46. The Bertz CT molecular complexity index is 488. The average Bonchev–Trinajstić information content (AvgIpc) is 2.37. The van der Waals surface area contributed by atoms with Crippen molar-refractivity contribution in [3.05, 3.63) is 30.1 Å². The van der Waals surface area contributed by atoms with Crippen molar-refractivity contribution in [3.63, 3.8) is 0 Å². The number of aliphatic hydroxyl groups excluding tert-OH is 1. The van der Waals surface area contributed by atoms with Gasteiger partial charge >= 0.3 is 0 Å². The normalized spacial score (nSPS) is 12.6. The number of nitrogens with two attached hydrogens (primary N) is 1. The zero-order valence-corrected chi connectivity index (χ0v) is 11.2. The first kappa shape index (κ1) is 15.9. The predicted octanol–water partition coefficient (Wildman–Crippen LogP) is -0.0545. The van der Waals surface area contributed by atoms with E-state index in [9.17, 15) is 19.1 Å². The second kappa shape index (κ2) is 6.33. The first-order valence-corrected chi connectivity index (χ1v) is 5.92. The van der Waals surface area contributed by atoms with Gasteiger partial charge in [-0.1, -0.05) is 0 Å².